The van der Waals surface area contributed by atoms with E-state index in [1.165, 1.54) is 6.07 Å². The molecule has 2 aromatic rings. The van der Waals surface area contributed by atoms with E-state index in [1.807, 2.05) is 0 Å². The molecule has 0 unspecified atom stereocenters. The van der Waals surface area contributed by atoms with Crippen molar-refractivity contribution < 1.29 is 35.5 Å². The largest absolute Gasteiger partial charge is 0.458 e. The van der Waals surface area contributed by atoms with Gasteiger partial charge in [-0.2, -0.15) is 17.5 Å². The van der Waals surface area contributed by atoms with Crippen molar-refractivity contribution in [1.82, 2.24) is 9.29 Å². The molecule has 0 spiro atoms. The molecule has 1 aromatic heterocycles. The zero-order valence-corrected chi connectivity index (χ0v) is 16.5. The molecule has 0 saturated heterocycles. The van der Waals surface area contributed by atoms with Gasteiger partial charge in [-0.05, 0) is 38.8 Å². The topological polar surface area (TPSA) is 89.7 Å². The molecule has 11 heteroatoms. The highest BCUT2D eigenvalue weighted by atomic mass is 32.2. The van der Waals surface area contributed by atoms with Gasteiger partial charge in [0.1, 0.15) is 6.26 Å². The van der Waals surface area contributed by atoms with Crippen LogP contribution in [0.25, 0.3) is 0 Å². The second-order valence-corrected chi connectivity index (χ2v) is 8.71. The highest BCUT2D eigenvalue weighted by molar-refractivity contribution is 7.89. The number of halogens is 3. The Hall–Kier alpha value is -2.40. The van der Waals surface area contributed by atoms with Gasteiger partial charge >= 0.3 is 12.1 Å². The lowest BCUT2D eigenvalue weighted by Crippen LogP contribution is -2.34. The summed E-state index contributed by atoms with van der Waals surface area (Å²) in [6, 6.07) is 3.55. The number of carbonyl (C=O) groups is 1. The van der Waals surface area contributed by atoms with Crippen molar-refractivity contribution in [3.63, 3.8) is 0 Å². The molecule has 0 aliphatic heterocycles. The summed E-state index contributed by atoms with van der Waals surface area (Å²) < 4.78 is 77.1. The fraction of sp³-hybridized carbons (Fsp3) is 0.444. The van der Waals surface area contributed by atoms with Crippen LogP contribution in [0, 0.1) is 0 Å². The number of benzene rings is 1. The molecule has 1 saturated carbocycles. The zero-order valence-electron chi connectivity index (χ0n) is 15.6. The third-order valence-electron chi connectivity index (χ3n) is 4.13. The summed E-state index contributed by atoms with van der Waals surface area (Å²) in [5.74, 6) is -0.848. The Bertz CT molecular complexity index is 997. The molecule has 29 heavy (non-hydrogen) atoms. The van der Waals surface area contributed by atoms with Crippen molar-refractivity contribution in [1.29, 1.82) is 0 Å². The van der Waals surface area contributed by atoms with E-state index >= 15 is 0 Å². The van der Waals surface area contributed by atoms with Crippen LogP contribution in [0.5, 0.6) is 0 Å². The van der Waals surface area contributed by atoms with Crippen LogP contribution < -0.4 is 0 Å². The maximum Gasteiger partial charge on any atom is 0.417 e. The first-order valence-corrected chi connectivity index (χ1v) is 10.3. The second-order valence-electron chi connectivity index (χ2n) is 6.86. The highest BCUT2D eigenvalue weighted by Crippen LogP contribution is 2.39. The van der Waals surface area contributed by atoms with Crippen LogP contribution in [0.3, 0.4) is 0 Å². The van der Waals surface area contributed by atoms with Crippen LogP contribution in [0.4, 0.5) is 13.2 Å². The fourth-order valence-corrected chi connectivity index (χ4v) is 4.56. The molecule has 0 atom stereocenters. The van der Waals surface area contributed by atoms with Crippen LogP contribution in [0.1, 0.15) is 48.6 Å². The van der Waals surface area contributed by atoms with Crippen LogP contribution in [0.2, 0.25) is 0 Å². The van der Waals surface area contributed by atoms with Gasteiger partial charge in [-0.1, -0.05) is 12.1 Å². The number of hydrogen-bond donors (Lipinski definition) is 0. The lowest BCUT2D eigenvalue weighted by atomic mass is 10.2. The van der Waals surface area contributed by atoms with E-state index in [2.05, 4.69) is 4.98 Å². The molecule has 0 N–H and O–H groups in total. The van der Waals surface area contributed by atoms with Gasteiger partial charge in [-0.25, -0.2) is 18.2 Å². The van der Waals surface area contributed by atoms with Crippen molar-refractivity contribution in [3.8, 4) is 0 Å². The number of rotatable bonds is 7. The summed E-state index contributed by atoms with van der Waals surface area (Å²) in [6.07, 6.45) is -3.16. The van der Waals surface area contributed by atoms with E-state index in [1.54, 1.807) is 13.8 Å². The number of ether oxygens (including phenoxy) is 1. The van der Waals surface area contributed by atoms with Crippen molar-refractivity contribution in [2.75, 3.05) is 0 Å². The van der Waals surface area contributed by atoms with Gasteiger partial charge in [0.2, 0.25) is 15.9 Å². The smallest absolute Gasteiger partial charge is 0.417 e. The fourth-order valence-electron chi connectivity index (χ4n) is 2.71. The molecule has 7 nitrogen and oxygen atoms in total. The minimum absolute atomic E-state index is 0.110. The molecule has 1 heterocycles. The Labute approximate surface area is 165 Å². The van der Waals surface area contributed by atoms with Gasteiger partial charge in [0, 0.05) is 6.04 Å². The number of hydrogen-bond acceptors (Lipinski definition) is 6. The highest BCUT2D eigenvalue weighted by Gasteiger charge is 2.43. The number of esters is 1. The van der Waals surface area contributed by atoms with Gasteiger partial charge in [0.25, 0.3) is 0 Å². The predicted octanol–water partition coefficient (Wildman–Crippen LogP) is 3.61. The third-order valence-corrected chi connectivity index (χ3v) is 6.08. The molecule has 0 radical (unpaired) electrons. The molecule has 0 bridgehead atoms. The molecule has 1 aromatic carbocycles. The summed E-state index contributed by atoms with van der Waals surface area (Å²) >= 11 is 0. The third kappa shape index (κ3) is 4.78. The Balaban J connectivity index is 1.90. The summed E-state index contributed by atoms with van der Waals surface area (Å²) in [4.78, 5) is 15.0. The Morgan fingerprint density at radius 2 is 1.97 bits per heavy atom. The minimum Gasteiger partial charge on any atom is -0.458 e. The SMILES string of the molecule is CC(C)OC(=O)c1coc(CN(C2CC2)S(=O)(=O)c2ccccc2C(F)(F)F)n1. The molecule has 1 aliphatic carbocycles. The molecule has 158 valence electrons. The maximum absolute atomic E-state index is 13.3. The van der Waals surface area contributed by atoms with Crippen LogP contribution in [-0.4, -0.2) is 35.8 Å². The van der Waals surface area contributed by atoms with Gasteiger partial charge in [0.15, 0.2) is 5.69 Å². The summed E-state index contributed by atoms with van der Waals surface area (Å²) in [6.45, 7) is 2.91. The maximum atomic E-state index is 13.3. The molecule has 1 aliphatic rings. The predicted molar refractivity (Wildman–Crippen MR) is 94.2 cm³/mol. The van der Waals surface area contributed by atoms with Crippen molar-refractivity contribution in [2.45, 2.75) is 56.5 Å². The lowest BCUT2D eigenvalue weighted by Gasteiger charge is -2.22. The van der Waals surface area contributed by atoms with Crippen LogP contribution >= 0.6 is 0 Å². The Morgan fingerprint density at radius 3 is 2.55 bits per heavy atom. The summed E-state index contributed by atoms with van der Waals surface area (Å²) in [5, 5.41) is 0. The number of aromatic nitrogens is 1. The van der Waals surface area contributed by atoms with E-state index < -0.39 is 45.2 Å². The average Bonchev–Trinajstić information content (AvgIpc) is 3.35. The first-order valence-electron chi connectivity index (χ1n) is 8.83. The second kappa shape index (κ2) is 7.79. The minimum atomic E-state index is -4.82. The van der Waals surface area contributed by atoms with Gasteiger partial charge in [-0.3, -0.25) is 0 Å². The van der Waals surface area contributed by atoms with E-state index in [9.17, 15) is 26.4 Å². The first-order chi connectivity index (χ1) is 13.5. The number of oxazole rings is 1. The number of carbonyl (C=O) groups excluding carboxylic acids is 1. The molecule has 0 amide bonds. The van der Waals surface area contributed by atoms with Crippen molar-refractivity contribution in [3.05, 3.63) is 47.7 Å². The summed E-state index contributed by atoms with van der Waals surface area (Å²) in [7, 11) is -4.48. The molecular formula is C18H19F3N2O5S. The van der Waals surface area contributed by atoms with E-state index in [0.717, 1.165) is 28.8 Å². The van der Waals surface area contributed by atoms with E-state index in [4.69, 9.17) is 9.15 Å². The van der Waals surface area contributed by atoms with Crippen LogP contribution in [-0.2, 0) is 27.5 Å². The van der Waals surface area contributed by atoms with Crippen molar-refractivity contribution in [2.24, 2.45) is 0 Å². The van der Waals surface area contributed by atoms with Gasteiger partial charge in [-0.15, -0.1) is 0 Å². The van der Waals surface area contributed by atoms with E-state index in [0.29, 0.717) is 12.8 Å². The van der Waals surface area contributed by atoms with E-state index in [-0.39, 0.29) is 17.7 Å². The van der Waals surface area contributed by atoms with Crippen LogP contribution in [0.15, 0.2) is 39.8 Å². The van der Waals surface area contributed by atoms with Gasteiger partial charge in [0.05, 0.1) is 23.1 Å². The normalized spacial score (nSPS) is 15.1. The average molecular weight is 432 g/mol. The van der Waals surface area contributed by atoms with Crippen molar-refractivity contribution >= 4 is 16.0 Å². The Morgan fingerprint density at radius 1 is 1.31 bits per heavy atom. The van der Waals surface area contributed by atoms with Gasteiger partial charge < -0.3 is 9.15 Å². The number of nitrogens with zero attached hydrogens (tertiary/aromatic N) is 2. The number of sulfonamides is 1. The summed E-state index contributed by atoms with van der Waals surface area (Å²) in [5.41, 5.74) is -1.38. The standard InChI is InChI=1S/C18H19F3N2O5S/c1-11(2)28-17(24)14-10-27-16(22-14)9-23(12-7-8-12)29(25,26)15-6-4-3-5-13(15)18(19,20)21/h3-6,10-12H,7-9H2,1-2H3. The zero-order chi connectivity index (χ0) is 21.4. The monoisotopic (exact) mass is 432 g/mol. The molecular weight excluding hydrogens is 413 g/mol. The molecule has 3 rings (SSSR count). The first kappa shape index (κ1) is 21.3. The quantitative estimate of drug-likeness (QED) is 0.621. The Kier molecular flexibility index (Phi) is 5.72. The lowest BCUT2D eigenvalue weighted by molar-refractivity contribution is -0.139. The number of alkyl halides is 3. The molecule has 1 fully saturated rings.